The van der Waals surface area contributed by atoms with Crippen LogP contribution in [-0.4, -0.2) is 77.9 Å². The fourth-order valence-corrected chi connectivity index (χ4v) is 3.75. The third kappa shape index (κ3) is 4.27. The lowest BCUT2D eigenvalue weighted by Gasteiger charge is -2.37. The van der Waals surface area contributed by atoms with Gasteiger partial charge in [-0.2, -0.15) is 0 Å². The van der Waals surface area contributed by atoms with Crippen LogP contribution in [0.1, 0.15) is 30.1 Å². The van der Waals surface area contributed by atoms with Crippen molar-refractivity contribution in [3.8, 4) is 0 Å². The molecule has 0 saturated carbocycles. The van der Waals surface area contributed by atoms with Gasteiger partial charge in [0.25, 0.3) is 0 Å². The zero-order chi connectivity index (χ0) is 19.6. The van der Waals surface area contributed by atoms with Gasteiger partial charge >= 0.3 is 5.97 Å². The van der Waals surface area contributed by atoms with E-state index in [1.807, 2.05) is 4.90 Å². The molecule has 7 nitrogen and oxygen atoms in total. The van der Waals surface area contributed by atoms with Gasteiger partial charge in [-0.05, 0) is 44.5 Å². The molecule has 1 N–H and O–H groups in total. The number of carbonyl (C=O) groups is 3. The monoisotopic (exact) mass is 377 g/mol. The van der Waals surface area contributed by atoms with Crippen LogP contribution in [0.3, 0.4) is 0 Å². The molecule has 2 saturated heterocycles. The van der Waals surface area contributed by atoms with Crippen molar-refractivity contribution in [2.24, 2.45) is 0 Å². The van der Waals surface area contributed by atoms with Crippen molar-refractivity contribution in [3.05, 3.63) is 29.6 Å². The SMILES string of the molecule is CC(=O)c1ccc(N2CCN(C(=O)CN3CCCC3C(=O)O)CC2)c(F)c1. The predicted molar refractivity (Wildman–Crippen MR) is 97.4 cm³/mol. The number of carboxylic acids is 1. The summed E-state index contributed by atoms with van der Waals surface area (Å²) in [6, 6.07) is 3.88. The summed E-state index contributed by atoms with van der Waals surface area (Å²) in [5.74, 6) is -1.59. The zero-order valence-corrected chi connectivity index (χ0v) is 15.4. The summed E-state index contributed by atoms with van der Waals surface area (Å²) in [5, 5.41) is 9.22. The maximum Gasteiger partial charge on any atom is 0.320 e. The number of anilines is 1. The number of nitrogens with zero attached hydrogens (tertiary/aromatic N) is 3. The predicted octanol–water partition coefficient (Wildman–Crippen LogP) is 1.23. The van der Waals surface area contributed by atoms with Crippen LogP contribution in [-0.2, 0) is 9.59 Å². The van der Waals surface area contributed by atoms with Crippen molar-refractivity contribution in [3.63, 3.8) is 0 Å². The second-order valence-electron chi connectivity index (χ2n) is 7.06. The second kappa shape index (κ2) is 8.04. The van der Waals surface area contributed by atoms with Crippen molar-refractivity contribution < 1.29 is 23.9 Å². The summed E-state index contributed by atoms with van der Waals surface area (Å²) >= 11 is 0. The zero-order valence-electron chi connectivity index (χ0n) is 15.4. The number of halogens is 1. The third-order valence-corrected chi connectivity index (χ3v) is 5.31. The van der Waals surface area contributed by atoms with Gasteiger partial charge < -0.3 is 14.9 Å². The Morgan fingerprint density at radius 3 is 2.44 bits per heavy atom. The Kier molecular flexibility index (Phi) is 5.74. The number of rotatable bonds is 5. The molecular weight excluding hydrogens is 353 g/mol. The Morgan fingerprint density at radius 2 is 1.85 bits per heavy atom. The molecular formula is C19H24FN3O4. The van der Waals surface area contributed by atoms with E-state index >= 15 is 0 Å². The number of benzene rings is 1. The number of carboxylic acid groups (broad SMARTS) is 1. The molecule has 0 bridgehead atoms. The van der Waals surface area contributed by atoms with Gasteiger partial charge in [0.1, 0.15) is 11.9 Å². The molecule has 1 aromatic carbocycles. The van der Waals surface area contributed by atoms with E-state index in [1.165, 1.54) is 13.0 Å². The summed E-state index contributed by atoms with van der Waals surface area (Å²) < 4.78 is 14.3. The molecule has 1 atom stereocenters. The number of hydrogen-bond donors (Lipinski definition) is 1. The van der Waals surface area contributed by atoms with Crippen LogP contribution in [0.2, 0.25) is 0 Å². The van der Waals surface area contributed by atoms with E-state index in [2.05, 4.69) is 0 Å². The van der Waals surface area contributed by atoms with E-state index in [0.29, 0.717) is 50.4 Å². The van der Waals surface area contributed by atoms with Crippen LogP contribution in [0.4, 0.5) is 10.1 Å². The van der Waals surface area contributed by atoms with Crippen LogP contribution >= 0.6 is 0 Å². The van der Waals surface area contributed by atoms with Crippen LogP contribution < -0.4 is 4.90 Å². The smallest absolute Gasteiger partial charge is 0.320 e. The van der Waals surface area contributed by atoms with Gasteiger partial charge in [-0.3, -0.25) is 19.3 Å². The summed E-state index contributed by atoms with van der Waals surface area (Å²) in [5.41, 5.74) is 0.765. The first-order chi connectivity index (χ1) is 12.9. The fraction of sp³-hybridized carbons (Fsp3) is 0.526. The van der Waals surface area contributed by atoms with Crippen molar-refractivity contribution in [1.29, 1.82) is 0 Å². The molecule has 27 heavy (non-hydrogen) atoms. The van der Waals surface area contributed by atoms with E-state index in [4.69, 9.17) is 0 Å². The molecule has 146 valence electrons. The molecule has 1 aromatic rings. The third-order valence-electron chi connectivity index (χ3n) is 5.31. The quantitative estimate of drug-likeness (QED) is 0.778. The highest BCUT2D eigenvalue weighted by Crippen LogP contribution is 2.23. The fourth-order valence-electron chi connectivity index (χ4n) is 3.75. The van der Waals surface area contributed by atoms with Gasteiger partial charge in [0.15, 0.2) is 5.78 Å². The number of ketones is 1. The molecule has 2 heterocycles. The average molecular weight is 377 g/mol. The average Bonchev–Trinajstić information content (AvgIpc) is 3.10. The number of amides is 1. The van der Waals surface area contributed by atoms with Gasteiger partial charge in [-0.25, -0.2) is 4.39 Å². The second-order valence-corrected chi connectivity index (χ2v) is 7.06. The number of aliphatic carboxylic acids is 1. The molecule has 1 amide bonds. The van der Waals surface area contributed by atoms with Crippen LogP contribution in [0.25, 0.3) is 0 Å². The number of hydrogen-bond acceptors (Lipinski definition) is 5. The van der Waals surface area contributed by atoms with E-state index in [1.54, 1.807) is 21.9 Å². The summed E-state index contributed by atoms with van der Waals surface area (Å²) in [7, 11) is 0. The van der Waals surface area contributed by atoms with Crippen LogP contribution in [0.5, 0.6) is 0 Å². The minimum atomic E-state index is -0.880. The Bertz CT molecular complexity index is 746. The number of Topliss-reactive ketones (excluding diaryl/α,β-unsaturated/α-hetero) is 1. The van der Waals surface area contributed by atoms with E-state index < -0.39 is 17.8 Å². The molecule has 1 unspecified atom stereocenters. The number of carbonyl (C=O) groups excluding carboxylic acids is 2. The molecule has 2 fully saturated rings. The minimum Gasteiger partial charge on any atom is -0.480 e. The normalized spacial score (nSPS) is 20.7. The molecule has 0 aromatic heterocycles. The molecule has 2 aliphatic heterocycles. The highest BCUT2D eigenvalue weighted by Gasteiger charge is 2.33. The van der Waals surface area contributed by atoms with Gasteiger partial charge in [0, 0.05) is 31.7 Å². The van der Waals surface area contributed by atoms with E-state index in [0.717, 1.165) is 6.42 Å². The molecule has 0 radical (unpaired) electrons. The summed E-state index contributed by atoms with van der Waals surface area (Å²) in [6.45, 7) is 4.02. The van der Waals surface area contributed by atoms with Crippen molar-refractivity contribution in [2.45, 2.75) is 25.8 Å². The molecule has 2 aliphatic rings. The van der Waals surface area contributed by atoms with Crippen LogP contribution in [0, 0.1) is 5.82 Å². The van der Waals surface area contributed by atoms with Crippen molar-refractivity contribution in [2.75, 3.05) is 44.2 Å². The lowest BCUT2D eigenvalue weighted by atomic mass is 10.1. The Hall–Kier alpha value is -2.48. The molecule has 0 aliphatic carbocycles. The standard InChI is InChI=1S/C19H24FN3O4/c1-13(24)14-4-5-16(15(20)11-14)21-7-9-22(10-8-21)18(25)12-23-6-2-3-17(23)19(26)27/h4-5,11,17H,2-3,6-10,12H2,1H3,(H,26,27). The van der Waals surface area contributed by atoms with Crippen molar-refractivity contribution in [1.82, 2.24) is 9.80 Å². The highest BCUT2D eigenvalue weighted by molar-refractivity contribution is 5.94. The Labute approximate surface area is 157 Å². The van der Waals surface area contributed by atoms with Gasteiger partial charge in [0.05, 0.1) is 12.2 Å². The lowest BCUT2D eigenvalue weighted by Crippen LogP contribution is -2.52. The van der Waals surface area contributed by atoms with Crippen LogP contribution in [0.15, 0.2) is 18.2 Å². The first-order valence-corrected chi connectivity index (χ1v) is 9.17. The maximum absolute atomic E-state index is 14.3. The van der Waals surface area contributed by atoms with Gasteiger partial charge in [-0.1, -0.05) is 0 Å². The van der Waals surface area contributed by atoms with Gasteiger partial charge in [0.2, 0.25) is 5.91 Å². The van der Waals surface area contributed by atoms with Crippen molar-refractivity contribution >= 4 is 23.3 Å². The maximum atomic E-state index is 14.3. The lowest BCUT2D eigenvalue weighted by molar-refractivity contribution is -0.143. The van der Waals surface area contributed by atoms with Gasteiger partial charge in [-0.15, -0.1) is 0 Å². The molecule has 0 spiro atoms. The summed E-state index contributed by atoms with van der Waals surface area (Å²) in [6.07, 6.45) is 1.36. The first kappa shape index (κ1) is 19.3. The largest absolute Gasteiger partial charge is 0.480 e. The van der Waals surface area contributed by atoms with E-state index in [9.17, 15) is 23.9 Å². The number of likely N-dealkylation sites (tertiary alicyclic amines) is 1. The Balaban J connectivity index is 1.56. The molecule has 8 heteroatoms. The van der Waals surface area contributed by atoms with E-state index in [-0.39, 0.29) is 18.2 Å². The number of piperazine rings is 1. The minimum absolute atomic E-state index is 0.0878. The first-order valence-electron chi connectivity index (χ1n) is 9.17. The highest BCUT2D eigenvalue weighted by atomic mass is 19.1. The summed E-state index contributed by atoms with van der Waals surface area (Å²) in [4.78, 5) is 40.4. The topological polar surface area (TPSA) is 81.2 Å². The Morgan fingerprint density at radius 1 is 1.15 bits per heavy atom. The molecule has 3 rings (SSSR count).